The molecule has 0 amide bonds. The second-order valence-electron chi connectivity index (χ2n) is 2.20. The molecule has 52 valence electrons. The lowest BCUT2D eigenvalue weighted by Crippen LogP contribution is -2.06. The van der Waals surface area contributed by atoms with E-state index in [1.165, 1.54) is 0 Å². The fraction of sp³-hybridized carbons (Fsp3) is 0.714. The molecule has 2 nitrogen and oxygen atoms in total. The molecule has 0 bridgehead atoms. The molecule has 0 aromatic rings. The van der Waals surface area contributed by atoms with Crippen LogP contribution >= 0.6 is 0 Å². The molecule has 0 aromatic carbocycles. The first-order chi connectivity index (χ1) is 4.43. The zero-order chi connectivity index (χ0) is 6.53. The lowest BCUT2D eigenvalue weighted by Gasteiger charge is -2.13. The highest BCUT2D eigenvalue weighted by molar-refractivity contribution is 4.95. The van der Waals surface area contributed by atoms with Crippen LogP contribution in [0.4, 0.5) is 0 Å². The fourth-order valence-electron chi connectivity index (χ4n) is 0.925. The molecule has 2 N–H and O–H groups in total. The van der Waals surface area contributed by atoms with E-state index < -0.39 is 0 Å². The molecule has 0 saturated carbocycles. The summed E-state index contributed by atoms with van der Waals surface area (Å²) >= 11 is 0. The maximum atomic E-state index is 5.34. The van der Waals surface area contributed by atoms with Crippen LogP contribution in [0.25, 0.3) is 0 Å². The van der Waals surface area contributed by atoms with Crippen LogP contribution in [0, 0.1) is 0 Å². The van der Waals surface area contributed by atoms with Gasteiger partial charge in [0.15, 0.2) is 0 Å². The van der Waals surface area contributed by atoms with E-state index in [0.29, 0.717) is 6.54 Å². The normalized spacial score (nSPS) is 18.6. The third-order valence-corrected chi connectivity index (χ3v) is 1.40. The Morgan fingerprint density at radius 2 is 2.56 bits per heavy atom. The van der Waals surface area contributed by atoms with Crippen LogP contribution < -0.4 is 5.73 Å². The second kappa shape index (κ2) is 3.51. The molecule has 1 rings (SSSR count). The SMILES string of the molecule is NCCC1=CCCCO1. The number of ether oxygens (including phenoxy) is 1. The molecule has 1 aliphatic rings. The zero-order valence-electron chi connectivity index (χ0n) is 5.60. The van der Waals surface area contributed by atoms with Crippen molar-refractivity contribution < 1.29 is 4.74 Å². The first-order valence-corrected chi connectivity index (χ1v) is 3.45. The Balaban J connectivity index is 2.28. The van der Waals surface area contributed by atoms with Gasteiger partial charge in [-0.15, -0.1) is 0 Å². The van der Waals surface area contributed by atoms with Crippen molar-refractivity contribution in [1.82, 2.24) is 0 Å². The van der Waals surface area contributed by atoms with Gasteiger partial charge in [-0.2, -0.15) is 0 Å². The summed E-state index contributed by atoms with van der Waals surface area (Å²) in [4.78, 5) is 0. The smallest absolute Gasteiger partial charge is 0.0932 e. The van der Waals surface area contributed by atoms with E-state index in [0.717, 1.165) is 31.6 Å². The van der Waals surface area contributed by atoms with Crippen LogP contribution in [0.3, 0.4) is 0 Å². The quantitative estimate of drug-likeness (QED) is 0.601. The Kier molecular flexibility index (Phi) is 2.58. The van der Waals surface area contributed by atoms with Crippen LogP contribution in [0.2, 0.25) is 0 Å². The Morgan fingerprint density at radius 3 is 3.11 bits per heavy atom. The van der Waals surface area contributed by atoms with E-state index in [4.69, 9.17) is 10.5 Å². The van der Waals surface area contributed by atoms with E-state index in [2.05, 4.69) is 6.08 Å². The Hall–Kier alpha value is -0.500. The predicted octanol–water partition coefficient (Wildman–Crippen LogP) is 1.03. The topological polar surface area (TPSA) is 35.2 Å². The third-order valence-electron chi connectivity index (χ3n) is 1.40. The van der Waals surface area contributed by atoms with Gasteiger partial charge in [-0.05, 0) is 25.5 Å². The highest BCUT2D eigenvalue weighted by Crippen LogP contribution is 2.11. The van der Waals surface area contributed by atoms with Gasteiger partial charge in [-0.25, -0.2) is 0 Å². The van der Waals surface area contributed by atoms with Crippen LogP contribution in [-0.2, 0) is 4.74 Å². The molecule has 0 spiro atoms. The third kappa shape index (κ3) is 2.06. The Bertz CT molecular complexity index is 109. The minimum absolute atomic E-state index is 0.700. The van der Waals surface area contributed by atoms with Gasteiger partial charge in [0.1, 0.15) is 0 Å². The molecular formula is C7H13NO. The molecular weight excluding hydrogens is 114 g/mol. The van der Waals surface area contributed by atoms with E-state index in [9.17, 15) is 0 Å². The van der Waals surface area contributed by atoms with E-state index in [-0.39, 0.29) is 0 Å². The number of hydrogen-bond acceptors (Lipinski definition) is 2. The van der Waals surface area contributed by atoms with Crippen molar-refractivity contribution in [2.45, 2.75) is 19.3 Å². The molecule has 0 aliphatic carbocycles. The van der Waals surface area contributed by atoms with Crippen LogP contribution in [-0.4, -0.2) is 13.2 Å². The number of hydrogen-bond donors (Lipinski definition) is 1. The van der Waals surface area contributed by atoms with Gasteiger partial charge < -0.3 is 10.5 Å². The summed E-state index contributed by atoms with van der Waals surface area (Å²) < 4.78 is 5.30. The van der Waals surface area contributed by atoms with E-state index >= 15 is 0 Å². The highest BCUT2D eigenvalue weighted by Gasteiger charge is 2.01. The van der Waals surface area contributed by atoms with Gasteiger partial charge in [0, 0.05) is 6.42 Å². The largest absolute Gasteiger partial charge is 0.498 e. The van der Waals surface area contributed by atoms with Gasteiger partial charge >= 0.3 is 0 Å². The van der Waals surface area contributed by atoms with Crippen LogP contribution in [0.5, 0.6) is 0 Å². The van der Waals surface area contributed by atoms with E-state index in [1.54, 1.807) is 0 Å². The van der Waals surface area contributed by atoms with Crippen molar-refractivity contribution in [1.29, 1.82) is 0 Å². The van der Waals surface area contributed by atoms with Gasteiger partial charge in [-0.1, -0.05) is 0 Å². The van der Waals surface area contributed by atoms with Crippen LogP contribution in [0.1, 0.15) is 19.3 Å². The van der Waals surface area contributed by atoms with Crippen molar-refractivity contribution in [3.05, 3.63) is 11.8 Å². The van der Waals surface area contributed by atoms with E-state index in [1.807, 2.05) is 0 Å². The van der Waals surface area contributed by atoms with Crippen molar-refractivity contribution in [2.24, 2.45) is 5.73 Å². The van der Waals surface area contributed by atoms with Crippen molar-refractivity contribution in [3.8, 4) is 0 Å². The standard InChI is InChI=1S/C7H13NO/c8-5-4-7-3-1-2-6-9-7/h3H,1-2,4-6,8H2. The summed E-state index contributed by atoms with van der Waals surface area (Å²) in [6, 6.07) is 0. The molecule has 9 heavy (non-hydrogen) atoms. The Labute approximate surface area is 55.7 Å². The first kappa shape index (κ1) is 6.62. The van der Waals surface area contributed by atoms with Crippen molar-refractivity contribution in [2.75, 3.05) is 13.2 Å². The molecule has 0 saturated heterocycles. The maximum absolute atomic E-state index is 5.34. The van der Waals surface area contributed by atoms with Crippen LogP contribution in [0.15, 0.2) is 11.8 Å². The molecule has 1 heterocycles. The lowest BCUT2D eigenvalue weighted by atomic mass is 10.2. The van der Waals surface area contributed by atoms with Crippen molar-refractivity contribution >= 4 is 0 Å². The van der Waals surface area contributed by atoms with Gasteiger partial charge in [0.05, 0.1) is 12.4 Å². The molecule has 2 heteroatoms. The fourth-order valence-corrected chi connectivity index (χ4v) is 0.925. The van der Waals surface area contributed by atoms with Gasteiger partial charge in [0.25, 0.3) is 0 Å². The number of allylic oxidation sites excluding steroid dienone is 1. The molecule has 0 fully saturated rings. The second-order valence-corrected chi connectivity index (χ2v) is 2.20. The zero-order valence-corrected chi connectivity index (χ0v) is 5.60. The first-order valence-electron chi connectivity index (χ1n) is 3.45. The monoisotopic (exact) mass is 127 g/mol. The molecule has 0 aromatic heterocycles. The summed E-state index contributed by atoms with van der Waals surface area (Å²) in [5.74, 6) is 1.09. The maximum Gasteiger partial charge on any atom is 0.0932 e. The summed E-state index contributed by atoms with van der Waals surface area (Å²) in [6.07, 6.45) is 5.36. The van der Waals surface area contributed by atoms with Gasteiger partial charge in [0.2, 0.25) is 0 Å². The number of nitrogens with two attached hydrogens (primary N) is 1. The lowest BCUT2D eigenvalue weighted by molar-refractivity contribution is 0.185. The predicted molar refractivity (Wildman–Crippen MR) is 36.9 cm³/mol. The van der Waals surface area contributed by atoms with Crippen molar-refractivity contribution in [3.63, 3.8) is 0 Å². The molecule has 1 aliphatic heterocycles. The summed E-state index contributed by atoms with van der Waals surface area (Å²) in [5, 5.41) is 0. The highest BCUT2D eigenvalue weighted by atomic mass is 16.5. The number of rotatable bonds is 2. The minimum Gasteiger partial charge on any atom is -0.498 e. The molecule has 0 atom stereocenters. The van der Waals surface area contributed by atoms with Gasteiger partial charge in [-0.3, -0.25) is 0 Å². The minimum atomic E-state index is 0.700. The average Bonchev–Trinajstić information content (AvgIpc) is 1.91. The summed E-state index contributed by atoms with van der Waals surface area (Å²) in [7, 11) is 0. The average molecular weight is 127 g/mol. The summed E-state index contributed by atoms with van der Waals surface area (Å²) in [5.41, 5.74) is 5.34. The summed E-state index contributed by atoms with van der Waals surface area (Å²) in [6.45, 7) is 1.58. The molecule has 0 unspecified atom stereocenters. The Morgan fingerprint density at radius 1 is 1.67 bits per heavy atom. The molecule has 0 radical (unpaired) electrons.